The summed E-state index contributed by atoms with van der Waals surface area (Å²) in [5.41, 5.74) is 2.47. The minimum Gasteiger partial charge on any atom is -0.493 e. The second-order valence-corrected chi connectivity index (χ2v) is 5.35. The van der Waals surface area contributed by atoms with Crippen LogP contribution in [0.4, 0.5) is 0 Å². The molecule has 2 aromatic rings. The van der Waals surface area contributed by atoms with Gasteiger partial charge in [0.1, 0.15) is 18.1 Å². The molecule has 1 N–H and O–H groups in total. The summed E-state index contributed by atoms with van der Waals surface area (Å²) in [6.07, 6.45) is 1.00. The van der Waals surface area contributed by atoms with E-state index in [2.05, 4.69) is 36.5 Å². The highest BCUT2D eigenvalue weighted by Gasteiger charge is 2.19. The predicted molar refractivity (Wildman–Crippen MR) is 84.0 cm³/mol. The minimum atomic E-state index is 0.357. The van der Waals surface area contributed by atoms with E-state index in [9.17, 15) is 0 Å². The number of ether oxygens (including phenoxy) is 2. The van der Waals surface area contributed by atoms with Crippen LogP contribution in [0.15, 0.2) is 48.5 Å². The van der Waals surface area contributed by atoms with Gasteiger partial charge in [-0.15, -0.1) is 0 Å². The van der Waals surface area contributed by atoms with Crippen LogP contribution >= 0.6 is 0 Å². The van der Waals surface area contributed by atoms with E-state index in [0.29, 0.717) is 12.6 Å². The summed E-state index contributed by atoms with van der Waals surface area (Å²) in [5.74, 6) is 1.94. The number of fused-ring (bicyclic) bond motifs is 1. The normalized spacial score (nSPS) is 16.9. The number of benzene rings is 2. The molecule has 1 heterocycles. The van der Waals surface area contributed by atoms with Crippen LogP contribution in [-0.4, -0.2) is 19.8 Å². The molecule has 1 aliphatic rings. The van der Waals surface area contributed by atoms with Crippen LogP contribution in [0.25, 0.3) is 0 Å². The lowest BCUT2D eigenvalue weighted by atomic mass is 10.0. The number of aryl methyl sites for hydroxylation is 1. The number of hydrogen-bond donors (Lipinski definition) is 1. The van der Waals surface area contributed by atoms with Crippen molar-refractivity contribution >= 4 is 0 Å². The predicted octanol–water partition coefficient (Wildman–Crippen LogP) is 3.49. The first kappa shape index (κ1) is 14.0. The molecule has 0 aromatic heterocycles. The quantitative estimate of drug-likeness (QED) is 0.852. The zero-order valence-corrected chi connectivity index (χ0v) is 12.3. The molecular formula is C18H21NO2. The van der Waals surface area contributed by atoms with Crippen LogP contribution in [-0.2, 0) is 0 Å². The smallest absolute Gasteiger partial charge is 0.124 e. The molecule has 2 aromatic carbocycles. The minimum absolute atomic E-state index is 0.357. The largest absolute Gasteiger partial charge is 0.493 e. The summed E-state index contributed by atoms with van der Waals surface area (Å²) < 4.78 is 11.4. The molecule has 0 fully saturated rings. The number of rotatable bonds is 5. The van der Waals surface area contributed by atoms with Crippen LogP contribution in [0, 0.1) is 6.92 Å². The summed E-state index contributed by atoms with van der Waals surface area (Å²) in [6, 6.07) is 16.8. The lowest BCUT2D eigenvalue weighted by Crippen LogP contribution is -2.30. The third-order valence-electron chi connectivity index (χ3n) is 3.71. The Morgan fingerprint density at radius 1 is 1.19 bits per heavy atom. The number of hydrogen-bond acceptors (Lipinski definition) is 3. The maximum atomic E-state index is 5.77. The van der Waals surface area contributed by atoms with Crippen molar-refractivity contribution in [3.8, 4) is 11.5 Å². The first-order valence-corrected chi connectivity index (χ1v) is 7.47. The van der Waals surface area contributed by atoms with Gasteiger partial charge in [-0.25, -0.2) is 0 Å². The Balaban J connectivity index is 1.50. The molecule has 0 spiro atoms. The summed E-state index contributed by atoms with van der Waals surface area (Å²) in [6.45, 7) is 4.34. The molecule has 1 atom stereocenters. The van der Waals surface area contributed by atoms with E-state index < -0.39 is 0 Å². The Morgan fingerprint density at radius 3 is 3.00 bits per heavy atom. The molecule has 21 heavy (non-hydrogen) atoms. The second kappa shape index (κ2) is 6.64. The van der Waals surface area contributed by atoms with E-state index in [1.807, 2.05) is 24.3 Å². The number of para-hydroxylation sites is 1. The summed E-state index contributed by atoms with van der Waals surface area (Å²) in [7, 11) is 0. The monoisotopic (exact) mass is 283 g/mol. The van der Waals surface area contributed by atoms with Crippen LogP contribution in [0.3, 0.4) is 0 Å². The van der Waals surface area contributed by atoms with E-state index in [0.717, 1.165) is 31.1 Å². The van der Waals surface area contributed by atoms with Crippen molar-refractivity contribution in [2.24, 2.45) is 0 Å². The molecule has 3 heteroatoms. The third-order valence-corrected chi connectivity index (χ3v) is 3.71. The second-order valence-electron chi connectivity index (χ2n) is 5.35. The standard InChI is InChI=1S/C18H21NO2/c1-14-5-4-6-15(13-14)20-12-10-19-17-9-11-21-18-8-3-2-7-16(17)18/h2-8,13,17,19H,9-12H2,1H3. The van der Waals surface area contributed by atoms with Crippen molar-refractivity contribution in [3.63, 3.8) is 0 Å². The van der Waals surface area contributed by atoms with Crippen molar-refractivity contribution in [1.82, 2.24) is 5.32 Å². The van der Waals surface area contributed by atoms with Crippen molar-refractivity contribution in [2.75, 3.05) is 19.8 Å². The van der Waals surface area contributed by atoms with E-state index in [4.69, 9.17) is 9.47 Å². The lowest BCUT2D eigenvalue weighted by Gasteiger charge is -2.26. The Morgan fingerprint density at radius 2 is 2.10 bits per heavy atom. The first-order valence-electron chi connectivity index (χ1n) is 7.47. The van der Waals surface area contributed by atoms with Gasteiger partial charge in [0.2, 0.25) is 0 Å². The van der Waals surface area contributed by atoms with Gasteiger partial charge in [-0.3, -0.25) is 0 Å². The molecule has 110 valence electrons. The topological polar surface area (TPSA) is 30.5 Å². The fourth-order valence-corrected chi connectivity index (χ4v) is 2.66. The van der Waals surface area contributed by atoms with Gasteiger partial charge in [-0.1, -0.05) is 30.3 Å². The van der Waals surface area contributed by atoms with Crippen molar-refractivity contribution < 1.29 is 9.47 Å². The Labute approximate surface area is 125 Å². The van der Waals surface area contributed by atoms with Gasteiger partial charge < -0.3 is 14.8 Å². The zero-order chi connectivity index (χ0) is 14.5. The molecule has 0 bridgehead atoms. The van der Waals surface area contributed by atoms with E-state index in [-0.39, 0.29) is 0 Å². The number of nitrogens with one attached hydrogen (secondary N) is 1. The van der Waals surface area contributed by atoms with Crippen LogP contribution in [0.1, 0.15) is 23.6 Å². The zero-order valence-electron chi connectivity index (χ0n) is 12.3. The maximum Gasteiger partial charge on any atom is 0.124 e. The van der Waals surface area contributed by atoms with Crippen LogP contribution < -0.4 is 14.8 Å². The molecule has 3 rings (SSSR count). The average Bonchev–Trinajstić information content (AvgIpc) is 2.52. The fraction of sp³-hybridized carbons (Fsp3) is 0.333. The maximum absolute atomic E-state index is 5.77. The van der Waals surface area contributed by atoms with Gasteiger partial charge in [0.05, 0.1) is 6.61 Å². The molecule has 1 aliphatic heterocycles. The Kier molecular flexibility index (Phi) is 4.41. The van der Waals surface area contributed by atoms with E-state index >= 15 is 0 Å². The molecule has 0 aliphatic carbocycles. The van der Waals surface area contributed by atoms with E-state index in [1.54, 1.807) is 0 Å². The fourth-order valence-electron chi connectivity index (χ4n) is 2.66. The molecule has 0 saturated carbocycles. The molecule has 1 unspecified atom stereocenters. The highest BCUT2D eigenvalue weighted by molar-refractivity contribution is 5.37. The summed E-state index contributed by atoms with van der Waals surface area (Å²) in [4.78, 5) is 0. The van der Waals surface area contributed by atoms with Gasteiger partial charge in [0, 0.05) is 24.6 Å². The summed E-state index contributed by atoms with van der Waals surface area (Å²) >= 11 is 0. The highest BCUT2D eigenvalue weighted by Crippen LogP contribution is 2.31. The van der Waals surface area contributed by atoms with Crippen LogP contribution in [0.2, 0.25) is 0 Å². The van der Waals surface area contributed by atoms with Gasteiger partial charge in [-0.05, 0) is 30.7 Å². The van der Waals surface area contributed by atoms with Gasteiger partial charge >= 0.3 is 0 Å². The van der Waals surface area contributed by atoms with Gasteiger partial charge in [0.15, 0.2) is 0 Å². The first-order chi connectivity index (χ1) is 10.3. The SMILES string of the molecule is Cc1cccc(OCCNC2CCOc3ccccc32)c1. The lowest BCUT2D eigenvalue weighted by molar-refractivity contribution is 0.242. The van der Waals surface area contributed by atoms with Gasteiger partial charge in [0.25, 0.3) is 0 Å². The average molecular weight is 283 g/mol. The molecular weight excluding hydrogens is 262 g/mol. The third kappa shape index (κ3) is 3.56. The Hall–Kier alpha value is -2.00. The molecule has 0 radical (unpaired) electrons. The van der Waals surface area contributed by atoms with Crippen LogP contribution in [0.5, 0.6) is 11.5 Å². The van der Waals surface area contributed by atoms with Crippen molar-refractivity contribution in [1.29, 1.82) is 0 Å². The van der Waals surface area contributed by atoms with Crippen molar-refractivity contribution in [3.05, 3.63) is 59.7 Å². The highest BCUT2D eigenvalue weighted by atomic mass is 16.5. The molecule has 0 amide bonds. The van der Waals surface area contributed by atoms with Gasteiger partial charge in [-0.2, -0.15) is 0 Å². The van der Waals surface area contributed by atoms with Crippen molar-refractivity contribution in [2.45, 2.75) is 19.4 Å². The molecule has 3 nitrogen and oxygen atoms in total. The summed E-state index contributed by atoms with van der Waals surface area (Å²) in [5, 5.41) is 3.56. The Bertz CT molecular complexity index is 597. The molecule has 0 saturated heterocycles. The van der Waals surface area contributed by atoms with E-state index in [1.165, 1.54) is 11.1 Å².